The van der Waals surface area contributed by atoms with E-state index in [1.807, 2.05) is 50.2 Å². The molecule has 122 valence electrons. The minimum Gasteiger partial charge on any atom is -0.437 e. The van der Waals surface area contributed by atoms with Gasteiger partial charge in [0.25, 0.3) is 0 Å². The molecule has 0 saturated heterocycles. The van der Waals surface area contributed by atoms with Crippen LogP contribution in [0.1, 0.15) is 16.8 Å². The maximum atomic E-state index is 6.14. The molecule has 0 unspecified atom stereocenters. The highest BCUT2D eigenvalue weighted by molar-refractivity contribution is 5.71. The molecule has 0 fully saturated rings. The molecule has 0 aliphatic heterocycles. The Bertz CT molecular complexity index is 879. The number of anilines is 3. The fraction of sp³-hybridized carbons (Fsp3) is 0.167. The van der Waals surface area contributed by atoms with E-state index in [1.165, 1.54) is 11.9 Å². The molecule has 0 aliphatic rings. The number of nitrogen functional groups attached to an aromatic ring is 1. The van der Waals surface area contributed by atoms with Gasteiger partial charge in [0, 0.05) is 5.69 Å². The summed E-state index contributed by atoms with van der Waals surface area (Å²) in [5, 5.41) is 3.09. The van der Waals surface area contributed by atoms with Crippen molar-refractivity contribution in [1.29, 1.82) is 0 Å². The van der Waals surface area contributed by atoms with Crippen molar-refractivity contribution in [2.24, 2.45) is 0 Å². The summed E-state index contributed by atoms with van der Waals surface area (Å²) < 4.78 is 5.81. The third-order valence-electron chi connectivity index (χ3n) is 3.68. The lowest BCUT2D eigenvalue weighted by molar-refractivity contribution is 0.464. The van der Waals surface area contributed by atoms with Gasteiger partial charge in [0.15, 0.2) is 5.82 Å². The van der Waals surface area contributed by atoms with Gasteiger partial charge in [0.1, 0.15) is 23.6 Å². The SMILES string of the molecule is Cc1cccc(Nc2ncnc(Oc3ccc(C)c(C)c3)c2N)n1. The standard InChI is InChI=1S/C18H19N5O/c1-11-7-8-14(9-12(11)2)24-18-16(19)17(20-10-21-18)23-15-6-4-5-13(3)22-15/h4-10H,19H2,1-3H3,(H,20,21,22,23). The molecule has 0 spiro atoms. The van der Waals surface area contributed by atoms with Gasteiger partial charge in [-0.3, -0.25) is 0 Å². The summed E-state index contributed by atoms with van der Waals surface area (Å²) in [5.41, 5.74) is 9.72. The molecule has 6 heteroatoms. The number of nitrogens with two attached hydrogens (primary N) is 1. The second-order valence-corrected chi connectivity index (χ2v) is 5.58. The number of hydrogen-bond donors (Lipinski definition) is 2. The molecule has 0 saturated carbocycles. The van der Waals surface area contributed by atoms with Gasteiger partial charge in [-0.2, -0.15) is 4.98 Å². The van der Waals surface area contributed by atoms with Crippen molar-refractivity contribution in [3.63, 3.8) is 0 Å². The highest BCUT2D eigenvalue weighted by Crippen LogP contribution is 2.31. The van der Waals surface area contributed by atoms with Crippen LogP contribution < -0.4 is 15.8 Å². The molecule has 0 bridgehead atoms. The molecular formula is C18H19N5O. The summed E-state index contributed by atoms with van der Waals surface area (Å²) in [6, 6.07) is 11.5. The van der Waals surface area contributed by atoms with Crippen LogP contribution in [0.15, 0.2) is 42.7 Å². The molecular weight excluding hydrogens is 302 g/mol. The molecule has 0 aliphatic carbocycles. The van der Waals surface area contributed by atoms with Gasteiger partial charge in [-0.15, -0.1) is 0 Å². The van der Waals surface area contributed by atoms with Gasteiger partial charge >= 0.3 is 0 Å². The number of benzene rings is 1. The van der Waals surface area contributed by atoms with E-state index in [9.17, 15) is 0 Å². The van der Waals surface area contributed by atoms with Crippen LogP contribution in [0.5, 0.6) is 11.6 Å². The molecule has 2 aromatic heterocycles. The van der Waals surface area contributed by atoms with Crippen LogP contribution in [0.4, 0.5) is 17.3 Å². The van der Waals surface area contributed by atoms with Crippen LogP contribution in [0.25, 0.3) is 0 Å². The van der Waals surface area contributed by atoms with Crippen LogP contribution in [-0.2, 0) is 0 Å². The number of aryl methyl sites for hydroxylation is 3. The predicted molar refractivity (Wildman–Crippen MR) is 94.7 cm³/mol. The first kappa shape index (κ1) is 15.7. The summed E-state index contributed by atoms with van der Waals surface area (Å²) in [6.07, 6.45) is 1.41. The number of aromatic nitrogens is 3. The zero-order valence-electron chi connectivity index (χ0n) is 13.9. The Labute approximate surface area is 140 Å². The molecule has 3 N–H and O–H groups in total. The van der Waals surface area contributed by atoms with Crippen molar-refractivity contribution in [3.8, 4) is 11.6 Å². The number of rotatable bonds is 4. The Morgan fingerprint density at radius 2 is 1.83 bits per heavy atom. The molecule has 6 nitrogen and oxygen atoms in total. The minimum atomic E-state index is 0.309. The Morgan fingerprint density at radius 1 is 1.00 bits per heavy atom. The van der Waals surface area contributed by atoms with Crippen LogP contribution in [0, 0.1) is 20.8 Å². The van der Waals surface area contributed by atoms with Crippen LogP contribution in [-0.4, -0.2) is 15.0 Å². The lowest BCUT2D eigenvalue weighted by Gasteiger charge is -2.12. The predicted octanol–water partition coefficient (Wildman–Crippen LogP) is 3.91. The Kier molecular flexibility index (Phi) is 4.29. The largest absolute Gasteiger partial charge is 0.437 e. The highest BCUT2D eigenvalue weighted by atomic mass is 16.5. The molecule has 0 atom stereocenters. The van der Waals surface area contributed by atoms with Gasteiger partial charge < -0.3 is 15.8 Å². The second-order valence-electron chi connectivity index (χ2n) is 5.58. The van der Waals surface area contributed by atoms with Gasteiger partial charge in [-0.05, 0) is 56.2 Å². The summed E-state index contributed by atoms with van der Waals surface area (Å²) in [5.74, 6) is 2.12. The van der Waals surface area contributed by atoms with E-state index in [1.54, 1.807) is 0 Å². The lowest BCUT2D eigenvalue weighted by Crippen LogP contribution is -2.04. The molecule has 3 rings (SSSR count). The molecule has 2 heterocycles. The van der Waals surface area contributed by atoms with E-state index >= 15 is 0 Å². The Balaban J connectivity index is 1.86. The molecule has 0 amide bonds. The first-order chi connectivity index (χ1) is 11.5. The molecule has 0 radical (unpaired) electrons. The minimum absolute atomic E-state index is 0.309. The maximum Gasteiger partial charge on any atom is 0.248 e. The van der Waals surface area contributed by atoms with Crippen molar-refractivity contribution in [1.82, 2.24) is 15.0 Å². The summed E-state index contributed by atoms with van der Waals surface area (Å²) in [7, 11) is 0. The number of pyridine rings is 1. The first-order valence-corrected chi connectivity index (χ1v) is 7.59. The van der Waals surface area contributed by atoms with Crippen molar-refractivity contribution >= 4 is 17.3 Å². The molecule has 1 aromatic carbocycles. The number of nitrogens with zero attached hydrogens (tertiary/aromatic N) is 3. The monoisotopic (exact) mass is 321 g/mol. The van der Waals surface area contributed by atoms with E-state index in [0.29, 0.717) is 29.0 Å². The number of nitrogens with one attached hydrogen (secondary N) is 1. The number of hydrogen-bond acceptors (Lipinski definition) is 6. The Hall–Kier alpha value is -3.15. The van der Waals surface area contributed by atoms with Crippen LogP contribution in [0.3, 0.4) is 0 Å². The van der Waals surface area contributed by atoms with E-state index in [0.717, 1.165) is 11.3 Å². The number of ether oxygens (including phenoxy) is 1. The molecule has 24 heavy (non-hydrogen) atoms. The quantitative estimate of drug-likeness (QED) is 0.757. The average Bonchev–Trinajstić information content (AvgIpc) is 2.55. The molecule has 3 aromatic rings. The smallest absolute Gasteiger partial charge is 0.248 e. The van der Waals surface area contributed by atoms with Gasteiger partial charge in [-0.25, -0.2) is 9.97 Å². The van der Waals surface area contributed by atoms with E-state index in [2.05, 4.69) is 27.2 Å². The topological polar surface area (TPSA) is 86.0 Å². The van der Waals surface area contributed by atoms with Crippen LogP contribution in [0.2, 0.25) is 0 Å². The average molecular weight is 321 g/mol. The summed E-state index contributed by atoms with van der Waals surface area (Å²) in [6.45, 7) is 6.00. The van der Waals surface area contributed by atoms with Gasteiger partial charge in [0.05, 0.1) is 0 Å². The fourth-order valence-electron chi connectivity index (χ4n) is 2.18. The lowest BCUT2D eigenvalue weighted by atomic mass is 10.1. The van der Waals surface area contributed by atoms with E-state index < -0.39 is 0 Å². The second kappa shape index (κ2) is 6.54. The fourth-order valence-corrected chi connectivity index (χ4v) is 2.18. The van der Waals surface area contributed by atoms with Crippen molar-refractivity contribution in [2.45, 2.75) is 20.8 Å². The third kappa shape index (κ3) is 3.43. The van der Waals surface area contributed by atoms with E-state index in [-0.39, 0.29) is 0 Å². The highest BCUT2D eigenvalue weighted by Gasteiger charge is 2.11. The maximum absolute atomic E-state index is 6.14. The third-order valence-corrected chi connectivity index (χ3v) is 3.68. The van der Waals surface area contributed by atoms with Crippen LogP contribution >= 0.6 is 0 Å². The van der Waals surface area contributed by atoms with Gasteiger partial charge in [-0.1, -0.05) is 12.1 Å². The first-order valence-electron chi connectivity index (χ1n) is 7.59. The Morgan fingerprint density at radius 3 is 2.58 bits per heavy atom. The zero-order valence-corrected chi connectivity index (χ0v) is 13.9. The van der Waals surface area contributed by atoms with Crippen molar-refractivity contribution in [2.75, 3.05) is 11.1 Å². The summed E-state index contributed by atoms with van der Waals surface area (Å²) >= 11 is 0. The van der Waals surface area contributed by atoms with E-state index in [4.69, 9.17) is 10.5 Å². The van der Waals surface area contributed by atoms with Crippen molar-refractivity contribution in [3.05, 3.63) is 59.5 Å². The zero-order chi connectivity index (χ0) is 17.1. The summed E-state index contributed by atoms with van der Waals surface area (Å²) in [4.78, 5) is 12.7. The normalized spacial score (nSPS) is 10.5. The van der Waals surface area contributed by atoms with Crippen molar-refractivity contribution < 1.29 is 4.74 Å². The van der Waals surface area contributed by atoms with Gasteiger partial charge in [0.2, 0.25) is 5.88 Å².